The third-order valence-electron chi connectivity index (χ3n) is 0. The van der Waals surface area contributed by atoms with Gasteiger partial charge >= 0.3 is 103 Å². The maximum absolute atomic E-state index is 0. The smallest absolute Gasteiger partial charge is 0.693 e. The molecular weight excluding hydrogens is 116 g/mol. The molecule has 0 aromatic carbocycles. The fraction of sp³-hybridized carbons (Fsp3) is 0. The Kier molecular flexibility index (Phi) is 222. The average Bonchev–Trinajstić information content (AvgIpc) is 0. The summed E-state index contributed by atoms with van der Waals surface area (Å²) in [4.78, 5) is 0. The second-order valence-electron chi connectivity index (χ2n) is 0. The minimum atomic E-state index is 0. The summed E-state index contributed by atoms with van der Waals surface area (Å²) in [6.07, 6.45) is 0. The molecule has 0 aliphatic carbocycles. The normalized spacial score (nSPS) is 0. The molecule has 0 spiro atoms. The molecule has 0 aromatic rings. The first kappa shape index (κ1) is 41.2. The SMILES string of the molecule is [CH3-].[CH3-].[K+].[K+].[NH2-]. The van der Waals surface area contributed by atoms with Crippen molar-refractivity contribution in [1.29, 1.82) is 0 Å². The summed E-state index contributed by atoms with van der Waals surface area (Å²) in [7, 11) is 0. The molecule has 0 saturated heterocycles. The van der Waals surface area contributed by atoms with Gasteiger partial charge in [0.1, 0.15) is 0 Å². The number of rotatable bonds is 0. The topological polar surface area (TPSA) is 33.5 Å². The molecule has 0 aliphatic heterocycles. The Labute approximate surface area is 120 Å². The predicted molar refractivity (Wildman–Crippen MR) is 18.1 cm³/mol. The van der Waals surface area contributed by atoms with E-state index in [1.165, 1.54) is 0 Å². The molecule has 3 heteroatoms. The molecule has 0 atom stereocenters. The molecule has 0 fully saturated rings. The summed E-state index contributed by atoms with van der Waals surface area (Å²) in [5.74, 6) is 0. The second kappa shape index (κ2) is 26.9. The molecule has 2 N–H and O–H groups in total. The van der Waals surface area contributed by atoms with E-state index in [-0.39, 0.29) is 124 Å². The largest absolute Gasteiger partial charge is 1.00 e. The van der Waals surface area contributed by atoms with Crippen LogP contribution in [-0.2, 0) is 0 Å². The van der Waals surface area contributed by atoms with E-state index in [1.54, 1.807) is 0 Å². The fourth-order valence-corrected chi connectivity index (χ4v) is 0. The van der Waals surface area contributed by atoms with Crippen molar-refractivity contribution in [2.75, 3.05) is 0 Å². The zero-order valence-electron chi connectivity index (χ0n) is 4.58. The average molecular weight is 124 g/mol. The van der Waals surface area contributed by atoms with Gasteiger partial charge in [0.2, 0.25) is 0 Å². The second-order valence-corrected chi connectivity index (χ2v) is 0. The summed E-state index contributed by atoms with van der Waals surface area (Å²) in [5, 5.41) is 0. The molecule has 1 nitrogen and oxygen atoms in total. The minimum Gasteiger partial charge on any atom is -0.693 e. The van der Waals surface area contributed by atoms with Crippen molar-refractivity contribution in [3.05, 3.63) is 21.0 Å². The van der Waals surface area contributed by atoms with Crippen molar-refractivity contribution in [3.8, 4) is 0 Å². The molecular formula is C2H8K2N-. The van der Waals surface area contributed by atoms with E-state index in [0.29, 0.717) is 0 Å². The van der Waals surface area contributed by atoms with Gasteiger partial charge in [-0.05, 0) is 0 Å². The molecule has 24 valence electrons. The van der Waals surface area contributed by atoms with Crippen LogP contribution in [0.5, 0.6) is 0 Å². The first-order chi connectivity index (χ1) is 0. The van der Waals surface area contributed by atoms with Crippen LogP contribution in [0.25, 0.3) is 6.15 Å². The van der Waals surface area contributed by atoms with E-state index in [2.05, 4.69) is 0 Å². The van der Waals surface area contributed by atoms with Gasteiger partial charge in [0, 0.05) is 0 Å². The Morgan fingerprint density at radius 1 is 0.600 bits per heavy atom. The van der Waals surface area contributed by atoms with Gasteiger partial charge in [-0.1, -0.05) is 0 Å². The van der Waals surface area contributed by atoms with Gasteiger partial charge in [-0.25, -0.2) is 0 Å². The van der Waals surface area contributed by atoms with Crippen LogP contribution in [0.4, 0.5) is 0 Å². The molecule has 5 heavy (non-hydrogen) atoms. The van der Waals surface area contributed by atoms with Gasteiger partial charge in [-0.3, -0.25) is 0 Å². The Morgan fingerprint density at radius 3 is 0.600 bits per heavy atom. The molecule has 0 rings (SSSR count). The third kappa shape index (κ3) is 19.0. The Balaban J connectivity index is 0. The molecule has 0 unspecified atom stereocenters. The van der Waals surface area contributed by atoms with Crippen molar-refractivity contribution in [2.45, 2.75) is 0 Å². The monoisotopic (exact) mass is 124 g/mol. The molecule has 0 aromatic heterocycles. The van der Waals surface area contributed by atoms with Crippen LogP contribution >= 0.6 is 0 Å². The van der Waals surface area contributed by atoms with Crippen molar-refractivity contribution < 1.29 is 103 Å². The van der Waals surface area contributed by atoms with Gasteiger partial charge in [0.05, 0.1) is 0 Å². The zero-order chi connectivity index (χ0) is 0. The number of hydrogen-bond donors (Lipinski definition) is 0. The van der Waals surface area contributed by atoms with Gasteiger partial charge in [0.25, 0.3) is 0 Å². The molecule has 0 heterocycles. The Bertz CT molecular complexity index is 7.61. The molecule has 0 radical (unpaired) electrons. The van der Waals surface area contributed by atoms with E-state index in [9.17, 15) is 0 Å². The fourth-order valence-electron chi connectivity index (χ4n) is 0. The molecule has 0 saturated carbocycles. The van der Waals surface area contributed by atoms with Crippen molar-refractivity contribution in [1.82, 2.24) is 0 Å². The first-order valence-corrected chi connectivity index (χ1v) is 0. The first-order valence-electron chi connectivity index (χ1n) is 0. The summed E-state index contributed by atoms with van der Waals surface area (Å²) in [6.45, 7) is 0. The zero-order valence-corrected chi connectivity index (χ0v) is 10.8. The van der Waals surface area contributed by atoms with Gasteiger partial charge in [-0.15, -0.1) is 0 Å². The van der Waals surface area contributed by atoms with E-state index >= 15 is 0 Å². The van der Waals surface area contributed by atoms with E-state index in [1.807, 2.05) is 0 Å². The van der Waals surface area contributed by atoms with Crippen molar-refractivity contribution >= 4 is 0 Å². The van der Waals surface area contributed by atoms with Crippen LogP contribution in [0.3, 0.4) is 0 Å². The maximum Gasteiger partial charge on any atom is 1.00 e. The number of nitrogens with two attached hydrogens (primary N) is 1. The van der Waals surface area contributed by atoms with Crippen LogP contribution in [0, 0.1) is 14.9 Å². The van der Waals surface area contributed by atoms with Gasteiger partial charge in [-0.2, -0.15) is 0 Å². The Morgan fingerprint density at radius 2 is 0.600 bits per heavy atom. The minimum absolute atomic E-state index is 0. The standard InChI is InChI=1S/2CH3.2K.H2N/h2*1H3;;;1H2/q2*-1;2*+1;-1. The summed E-state index contributed by atoms with van der Waals surface area (Å²) in [6, 6.07) is 0. The van der Waals surface area contributed by atoms with Crippen LogP contribution < -0.4 is 103 Å². The quantitative estimate of drug-likeness (QED) is 0.231. The van der Waals surface area contributed by atoms with Gasteiger partial charge < -0.3 is 21.0 Å². The Hall–Kier alpha value is 3.23. The summed E-state index contributed by atoms with van der Waals surface area (Å²) < 4.78 is 0. The maximum atomic E-state index is 0. The van der Waals surface area contributed by atoms with Crippen molar-refractivity contribution in [2.24, 2.45) is 0 Å². The van der Waals surface area contributed by atoms with Crippen molar-refractivity contribution in [3.63, 3.8) is 0 Å². The van der Waals surface area contributed by atoms with E-state index < -0.39 is 0 Å². The molecule has 0 amide bonds. The predicted octanol–water partition coefficient (Wildman–Crippen LogP) is -4.37. The van der Waals surface area contributed by atoms with Crippen LogP contribution in [0.15, 0.2) is 0 Å². The number of hydrogen-bond acceptors (Lipinski definition) is 0. The van der Waals surface area contributed by atoms with Crippen LogP contribution in [-0.4, -0.2) is 0 Å². The summed E-state index contributed by atoms with van der Waals surface area (Å²) >= 11 is 0. The molecule has 0 bridgehead atoms. The van der Waals surface area contributed by atoms with E-state index in [4.69, 9.17) is 0 Å². The summed E-state index contributed by atoms with van der Waals surface area (Å²) in [5.41, 5.74) is 0. The van der Waals surface area contributed by atoms with E-state index in [0.717, 1.165) is 0 Å². The van der Waals surface area contributed by atoms with Crippen LogP contribution in [0.2, 0.25) is 0 Å². The third-order valence-corrected chi connectivity index (χ3v) is 0. The molecule has 0 aliphatic rings. The van der Waals surface area contributed by atoms with Gasteiger partial charge in [0.15, 0.2) is 0 Å². The van der Waals surface area contributed by atoms with Crippen LogP contribution in [0.1, 0.15) is 0 Å².